The van der Waals surface area contributed by atoms with Gasteiger partial charge in [-0.3, -0.25) is 5.32 Å². The maximum absolute atomic E-state index is 13.5. The van der Waals surface area contributed by atoms with Crippen molar-refractivity contribution in [2.45, 2.75) is 30.7 Å². The molecule has 1 aliphatic heterocycles. The first-order valence-electron chi connectivity index (χ1n) is 14.2. The third kappa shape index (κ3) is 6.26. The number of aliphatic hydroxyl groups is 1. The summed E-state index contributed by atoms with van der Waals surface area (Å²) in [6, 6.07) is 25.6. The summed E-state index contributed by atoms with van der Waals surface area (Å²) in [5.74, 6) is -1.66. The minimum atomic E-state index is -1.50. The van der Waals surface area contributed by atoms with Crippen molar-refractivity contribution in [3.63, 3.8) is 0 Å². The molecule has 1 amide bonds. The number of aromatic nitrogens is 2. The molecular weight excluding hydrogens is 596 g/mol. The maximum Gasteiger partial charge on any atom is 0.412 e. The monoisotopic (exact) mass is 624 g/mol. The van der Waals surface area contributed by atoms with Crippen molar-refractivity contribution < 1.29 is 43.2 Å². The minimum Gasteiger partial charge on any atom is -0.449 e. The molecule has 2 aromatic heterocycles. The van der Waals surface area contributed by atoms with Crippen molar-refractivity contribution in [3.8, 4) is 6.07 Å². The number of methoxy groups -OCH3 is 1. The van der Waals surface area contributed by atoms with Gasteiger partial charge in [0.1, 0.15) is 17.5 Å². The summed E-state index contributed by atoms with van der Waals surface area (Å²) in [6.45, 7) is -0.669. The van der Waals surface area contributed by atoms with Crippen LogP contribution in [0.2, 0.25) is 0 Å². The number of anilines is 1. The zero-order valence-electron chi connectivity index (χ0n) is 24.3. The number of amides is 1. The van der Waals surface area contributed by atoms with Crippen LogP contribution in [0.1, 0.15) is 26.5 Å². The molecule has 13 nitrogen and oxygen atoms in total. The quantitative estimate of drug-likeness (QED) is 0.144. The van der Waals surface area contributed by atoms with Gasteiger partial charge < -0.3 is 38.8 Å². The summed E-state index contributed by atoms with van der Waals surface area (Å²) in [5, 5.41) is 23.3. The number of para-hydroxylation sites is 2. The lowest BCUT2D eigenvalue weighted by molar-refractivity contribution is -0.291. The lowest BCUT2D eigenvalue weighted by Gasteiger charge is -2.43. The molecule has 13 heteroatoms. The van der Waals surface area contributed by atoms with Crippen molar-refractivity contribution in [1.82, 2.24) is 9.97 Å². The number of hydrogen-bond donors (Lipinski definition) is 4. The Morgan fingerprint density at radius 2 is 1.39 bits per heavy atom. The summed E-state index contributed by atoms with van der Waals surface area (Å²) in [4.78, 5) is 46.0. The van der Waals surface area contributed by atoms with E-state index in [4.69, 9.17) is 28.9 Å². The Balaban J connectivity index is 1.32. The molecule has 4 N–H and O–H groups in total. The Labute approximate surface area is 261 Å². The van der Waals surface area contributed by atoms with E-state index in [0.717, 1.165) is 10.8 Å². The van der Waals surface area contributed by atoms with E-state index in [0.29, 0.717) is 22.3 Å². The van der Waals surface area contributed by atoms with Crippen molar-refractivity contribution in [1.29, 1.82) is 5.26 Å². The largest absolute Gasteiger partial charge is 0.449 e. The highest BCUT2D eigenvalue weighted by atomic mass is 16.7. The van der Waals surface area contributed by atoms with Crippen LogP contribution < -0.4 is 5.32 Å². The number of fused-ring (bicyclic) bond motifs is 2. The Hall–Kier alpha value is -5.68. The normalized spacial score (nSPS) is 20.9. The van der Waals surface area contributed by atoms with Gasteiger partial charge in [0.15, 0.2) is 24.6 Å². The molecule has 5 aromatic rings. The number of carbonyl (C=O) groups is 3. The first kappa shape index (κ1) is 30.4. The topological polar surface area (TPSA) is 185 Å². The fourth-order valence-corrected chi connectivity index (χ4v) is 5.26. The second kappa shape index (κ2) is 13.1. The average molecular weight is 625 g/mol. The SMILES string of the molecule is CO[C@H]1O[C@H](CO)[C@@H](OC(=O)Nc2ccc(C#N)cc2)[C@H](OC(=O)c2cc3ccccc3[nH]2)[C@@H]1OC(=O)c1cc2ccccc2[nH]1. The molecule has 234 valence electrons. The van der Waals surface area contributed by atoms with E-state index in [9.17, 15) is 19.5 Å². The minimum absolute atomic E-state index is 0.0867. The summed E-state index contributed by atoms with van der Waals surface area (Å²) in [6.07, 6.45) is -7.99. The molecule has 6 rings (SSSR count). The standard InChI is InChI=1S/C33H28N4O9/c1-42-32-29(45-31(40)25-15-20-7-3-5-9-23(20)37-25)28(44-30(39)24-14-19-6-2-4-8-22(19)36-24)27(26(17-38)43-32)46-33(41)35-21-12-10-18(16-34)11-13-21/h2-15,26-29,32,36-38H,17H2,1H3,(H,35,41)/t26-,27-,28+,29+,32+/m1/s1. The van der Waals surface area contributed by atoms with Crippen molar-refractivity contribution in [3.05, 3.63) is 102 Å². The molecule has 0 bridgehead atoms. The van der Waals surface area contributed by atoms with E-state index < -0.39 is 55.3 Å². The zero-order chi connectivity index (χ0) is 32.2. The summed E-state index contributed by atoms with van der Waals surface area (Å²) < 4.78 is 28.7. The van der Waals surface area contributed by atoms with Crippen LogP contribution in [0, 0.1) is 11.3 Å². The summed E-state index contributed by atoms with van der Waals surface area (Å²) >= 11 is 0. The maximum atomic E-state index is 13.5. The van der Waals surface area contributed by atoms with Gasteiger partial charge in [0.05, 0.1) is 18.2 Å². The molecule has 1 fully saturated rings. The van der Waals surface area contributed by atoms with Crippen molar-refractivity contribution in [2.75, 3.05) is 19.0 Å². The lowest BCUT2D eigenvalue weighted by Crippen LogP contribution is -2.63. The highest BCUT2D eigenvalue weighted by Crippen LogP contribution is 2.31. The van der Waals surface area contributed by atoms with Gasteiger partial charge in [0.2, 0.25) is 0 Å². The highest BCUT2D eigenvalue weighted by molar-refractivity contribution is 5.96. The number of hydrogen-bond acceptors (Lipinski definition) is 10. The number of esters is 2. The number of aromatic amines is 2. The van der Waals surface area contributed by atoms with Crippen molar-refractivity contribution in [2.24, 2.45) is 0 Å². The molecular formula is C33H28N4O9. The van der Waals surface area contributed by atoms with Crippen LogP contribution in [0.3, 0.4) is 0 Å². The zero-order valence-corrected chi connectivity index (χ0v) is 24.3. The molecule has 0 saturated carbocycles. The number of aliphatic hydroxyl groups excluding tert-OH is 1. The fourth-order valence-electron chi connectivity index (χ4n) is 5.26. The van der Waals surface area contributed by atoms with Gasteiger partial charge in [-0.2, -0.15) is 5.26 Å². The molecule has 0 aliphatic carbocycles. The number of carbonyl (C=O) groups excluding carboxylic acids is 3. The second-order valence-electron chi connectivity index (χ2n) is 10.4. The third-order valence-electron chi connectivity index (χ3n) is 7.49. The van der Waals surface area contributed by atoms with Crippen molar-refractivity contribution >= 4 is 45.5 Å². The predicted octanol–water partition coefficient (Wildman–Crippen LogP) is 4.25. The number of rotatable bonds is 8. The van der Waals surface area contributed by atoms with Crippen LogP contribution in [-0.2, 0) is 23.7 Å². The third-order valence-corrected chi connectivity index (χ3v) is 7.49. The smallest absolute Gasteiger partial charge is 0.412 e. The summed E-state index contributed by atoms with van der Waals surface area (Å²) in [7, 11) is 1.29. The van der Waals surface area contributed by atoms with Gasteiger partial charge in [0, 0.05) is 34.6 Å². The first-order chi connectivity index (χ1) is 22.4. The Kier molecular flexibility index (Phi) is 8.66. The van der Waals surface area contributed by atoms with Crippen LogP contribution in [-0.4, -0.2) is 77.5 Å². The first-order valence-corrected chi connectivity index (χ1v) is 14.2. The fraction of sp³-hybridized carbons (Fsp3) is 0.212. The Morgan fingerprint density at radius 1 is 0.826 bits per heavy atom. The molecule has 3 heterocycles. The number of benzene rings is 3. The van der Waals surface area contributed by atoms with Gasteiger partial charge >= 0.3 is 18.0 Å². The van der Waals surface area contributed by atoms with E-state index in [2.05, 4.69) is 15.3 Å². The number of nitriles is 1. The van der Waals surface area contributed by atoms with Gasteiger partial charge in [0.25, 0.3) is 0 Å². The van der Waals surface area contributed by atoms with Gasteiger partial charge in [-0.25, -0.2) is 14.4 Å². The molecule has 5 atom stereocenters. The molecule has 1 saturated heterocycles. The number of H-pyrrole nitrogens is 2. The Bertz CT molecular complexity index is 1860. The molecule has 0 spiro atoms. The van der Waals surface area contributed by atoms with Crippen LogP contribution in [0.25, 0.3) is 21.8 Å². The molecule has 0 unspecified atom stereocenters. The summed E-state index contributed by atoms with van der Waals surface area (Å²) in [5.41, 5.74) is 2.26. The van der Waals surface area contributed by atoms with Gasteiger partial charge in [-0.15, -0.1) is 0 Å². The molecule has 1 aliphatic rings. The predicted molar refractivity (Wildman–Crippen MR) is 163 cm³/mol. The molecule has 0 radical (unpaired) electrons. The lowest BCUT2D eigenvalue weighted by atomic mass is 9.98. The van der Waals surface area contributed by atoms with Crippen LogP contribution in [0.15, 0.2) is 84.9 Å². The van der Waals surface area contributed by atoms with E-state index in [-0.39, 0.29) is 11.4 Å². The van der Waals surface area contributed by atoms with E-state index >= 15 is 0 Å². The van der Waals surface area contributed by atoms with Gasteiger partial charge in [-0.1, -0.05) is 36.4 Å². The highest BCUT2D eigenvalue weighted by Gasteiger charge is 2.53. The molecule has 3 aromatic carbocycles. The van der Waals surface area contributed by atoms with E-state index in [1.165, 1.54) is 31.4 Å². The number of nitrogens with zero attached hydrogens (tertiary/aromatic N) is 1. The number of ether oxygens (including phenoxy) is 5. The average Bonchev–Trinajstić information content (AvgIpc) is 3.71. The van der Waals surface area contributed by atoms with E-state index in [1.54, 1.807) is 30.3 Å². The second-order valence-corrected chi connectivity index (χ2v) is 10.4. The van der Waals surface area contributed by atoms with Crippen LogP contribution in [0.5, 0.6) is 0 Å². The van der Waals surface area contributed by atoms with Gasteiger partial charge in [-0.05, 0) is 48.5 Å². The number of nitrogens with one attached hydrogen (secondary N) is 3. The molecule has 46 heavy (non-hydrogen) atoms. The van der Waals surface area contributed by atoms with E-state index in [1.807, 2.05) is 36.4 Å². The Morgan fingerprint density at radius 3 is 1.91 bits per heavy atom. The van der Waals surface area contributed by atoms with Crippen LogP contribution >= 0.6 is 0 Å². The van der Waals surface area contributed by atoms with Crippen LogP contribution in [0.4, 0.5) is 10.5 Å².